The smallest absolute Gasteiger partial charge is 0.344 e. The summed E-state index contributed by atoms with van der Waals surface area (Å²) in [7, 11) is 1.55. The van der Waals surface area contributed by atoms with E-state index in [0.29, 0.717) is 28.0 Å². The van der Waals surface area contributed by atoms with Gasteiger partial charge in [0.25, 0.3) is 0 Å². The number of hydrogen-bond donors (Lipinski definition) is 0. The number of amides is 1. The molecule has 1 amide bonds. The monoisotopic (exact) mass is 468 g/mol. The van der Waals surface area contributed by atoms with E-state index in [0.717, 1.165) is 11.1 Å². The summed E-state index contributed by atoms with van der Waals surface area (Å²) in [6.07, 6.45) is 0. The number of methoxy groups -OCH3 is 1. The van der Waals surface area contributed by atoms with Crippen LogP contribution in [0.25, 0.3) is 0 Å². The fourth-order valence-electron chi connectivity index (χ4n) is 3.26. The van der Waals surface area contributed by atoms with Crippen LogP contribution in [0.2, 0.25) is 0 Å². The molecule has 1 heterocycles. The van der Waals surface area contributed by atoms with Crippen molar-refractivity contribution in [1.29, 1.82) is 0 Å². The van der Waals surface area contributed by atoms with Crippen LogP contribution in [0, 0.1) is 6.92 Å². The number of aryl methyl sites for hydroxylation is 1. The van der Waals surface area contributed by atoms with E-state index >= 15 is 0 Å². The summed E-state index contributed by atoms with van der Waals surface area (Å²) in [5.41, 5.74) is 3.24. The second kappa shape index (κ2) is 11.0. The van der Waals surface area contributed by atoms with Crippen LogP contribution < -0.4 is 14.4 Å². The summed E-state index contributed by atoms with van der Waals surface area (Å²) in [6, 6.07) is 13.2. The number of ether oxygens (including phenoxy) is 3. The molecule has 1 aromatic heterocycles. The zero-order valence-electron chi connectivity index (χ0n) is 19.5. The minimum absolute atomic E-state index is 0.0127. The quantitative estimate of drug-likeness (QED) is 0.392. The van der Waals surface area contributed by atoms with Crippen LogP contribution >= 0.6 is 11.3 Å². The van der Waals surface area contributed by atoms with Crippen LogP contribution in [0.15, 0.2) is 47.8 Å². The number of hydrogen-bond acceptors (Lipinski definition) is 7. The molecule has 0 bridgehead atoms. The maximum Gasteiger partial charge on any atom is 0.344 e. The van der Waals surface area contributed by atoms with Gasteiger partial charge in [-0.2, -0.15) is 0 Å². The van der Waals surface area contributed by atoms with Crippen molar-refractivity contribution in [3.8, 4) is 11.5 Å². The molecule has 7 nitrogen and oxygen atoms in total. The Balaban J connectivity index is 1.63. The van der Waals surface area contributed by atoms with Crippen LogP contribution in [0.3, 0.4) is 0 Å². The van der Waals surface area contributed by atoms with Crippen molar-refractivity contribution < 1.29 is 23.8 Å². The van der Waals surface area contributed by atoms with Gasteiger partial charge >= 0.3 is 5.97 Å². The maximum atomic E-state index is 12.3. The number of carbonyl (C=O) groups is 2. The summed E-state index contributed by atoms with van der Waals surface area (Å²) in [6.45, 7) is 7.38. The van der Waals surface area contributed by atoms with E-state index in [-0.39, 0.29) is 25.0 Å². The van der Waals surface area contributed by atoms with Gasteiger partial charge in [0.1, 0.15) is 18.1 Å². The number of esters is 1. The molecule has 0 saturated heterocycles. The summed E-state index contributed by atoms with van der Waals surface area (Å²) in [4.78, 5) is 30.5. The second-order valence-electron chi connectivity index (χ2n) is 7.79. The van der Waals surface area contributed by atoms with Gasteiger partial charge < -0.3 is 14.2 Å². The van der Waals surface area contributed by atoms with Crippen molar-refractivity contribution in [2.75, 3.05) is 18.6 Å². The number of carbonyl (C=O) groups excluding carboxylic acids is 2. The number of thiazole rings is 1. The molecular formula is C25H28N2O5S. The summed E-state index contributed by atoms with van der Waals surface area (Å²) in [5.74, 6) is 0.827. The fraction of sp³-hybridized carbons (Fsp3) is 0.320. The Hall–Kier alpha value is -3.39. The lowest BCUT2D eigenvalue weighted by Crippen LogP contribution is -2.23. The number of para-hydroxylation sites is 2. The van der Waals surface area contributed by atoms with Crippen molar-refractivity contribution >= 4 is 34.0 Å². The van der Waals surface area contributed by atoms with E-state index < -0.39 is 5.97 Å². The summed E-state index contributed by atoms with van der Waals surface area (Å²) in [5, 5.41) is 2.22. The molecule has 3 rings (SSSR count). The van der Waals surface area contributed by atoms with Gasteiger partial charge in [0.05, 0.1) is 18.5 Å². The molecule has 0 aliphatic heterocycles. The maximum absolute atomic E-state index is 12.3. The highest BCUT2D eigenvalue weighted by atomic mass is 32.1. The number of rotatable bonds is 9. The third-order valence-corrected chi connectivity index (χ3v) is 5.76. The largest absolute Gasteiger partial charge is 0.495 e. The molecule has 0 spiro atoms. The molecule has 0 N–H and O–H groups in total. The van der Waals surface area contributed by atoms with E-state index in [1.165, 1.54) is 23.2 Å². The Morgan fingerprint density at radius 3 is 2.58 bits per heavy atom. The van der Waals surface area contributed by atoms with Crippen LogP contribution in [0.4, 0.5) is 10.8 Å². The van der Waals surface area contributed by atoms with Crippen molar-refractivity contribution in [2.24, 2.45) is 0 Å². The molecule has 0 saturated carbocycles. The second-order valence-corrected chi connectivity index (χ2v) is 8.63. The molecule has 0 aliphatic carbocycles. The summed E-state index contributed by atoms with van der Waals surface area (Å²) >= 11 is 1.28. The van der Waals surface area contributed by atoms with Gasteiger partial charge in [0.2, 0.25) is 5.91 Å². The van der Waals surface area contributed by atoms with E-state index in [1.54, 1.807) is 24.6 Å². The molecule has 0 unspecified atom stereocenters. The standard InChI is InChI=1S/C25H28N2O5S/c1-16(2)20-11-10-17(3)12-23(20)31-14-24(29)32-13-19-15-33-25(26-19)27(18(4)28)21-8-6-7-9-22(21)30-5/h6-12,15-16H,13-14H2,1-5H3. The fourth-order valence-corrected chi connectivity index (χ4v) is 4.13. The van der Waals surface area contributed by atoms with Crippen molar-refractivity contribution in [2.45, 2.75) is 40.2 Å². The minimum atomic E-state index is -0.492. The van der Waals surface area contributed by atoms with Crippen LogP contribution in [0.5, 0.6) is 11.5 Å². The Labute approximate surface area is 197 Å². The Kier molecular flexibility index (Phi) is 8.06. The predicted molar refractivity (Wildman–Crippen MR) is 128 cm³/mol. The van der Waals surface area contributed by atoms with Crippen molar-refractivity contribution in [3.05, 3.63) is 64.7 Å². The van der Waals surface area contributed by atoms with E-state index in [9.17, 15) is 9.59 Å². The van der Waals surface area contributed by atoms with Crippen molar-refractivity contribution in [1.82, 2.24) is 4.98 Å². The Morgan fingerprint density at radius 2 is 1.88 bits per heavy atom. The first kappa shape index (κ1) is 24.3. The van der Waals surface area contributed by atoms with Gasteiger partial charge in [-0.3, -0.25) is 9.69 Å². The van der Waals surface area contributed by atoms with Crippen LogP contribution in [0.1, 0.15) is 43.5 Å². The van der Waals surface area contributed by atoms with E-state index in [2.05, 4.69) is 18.8 Å². The van der Waals surface area contributed by atoms with E-state index in [4.69, 9.17) is 14.2 Å². The topological polar surface area (TPSA) is 78.0 Å². The van der Waals surface area contributed by atoms with Gasteiger partial charge in [-0.1, -0.05) is 38.1 Å². The zero-order chi connectivity index (χ0) is 24.0. The highest BCUT2D eigenvalue weighted by Crippen LogP contribution is 2.35. The Bertz CT molecular complexity index is 1130. The molecule has 0 fully saturated rings. The molecule has 0 radical (unpaired) electrons. The van der Waals surface area contributed by atoms with Crippen molar-refractivity contribution in [3.63, 3.8) is 0 Å². The van der Waals surface area contributed by atoms with Crippen LogP contribution in [-0.2, 0) is 20.9 Å². The highest BCUT2D eigenvalue weighted by molar-refractivity contribution is 7.14. The highest BCUT2D eigenvalue weighted by Gasteiger charge is 2.21. The molecule has 3 aromatic rings. The SMILES string of the molecule is COc1ccccc1N(C(C)=O)c1nc(COC(=O)COc2cc(C)ccc2C(C)C)cs1. The van der Waals surface area contributed by atoms with E-state index in [1.807, 2.05) is 37.3 Å². The zero-order valence-corrected chi connectivity index (χ0v) is 20.3. The molecule has 174 valence electrons. The first-order valence-electron chi connectivity index (χ1n) is 10.6. The third kappa shape index (κ3) is 6.10. The number of aromatic nitrogens is 1. The average Bonchev–Trinajstić information content (AvgIpc) is 3.24. The van der Waals surface area contributed by atoms with Crippen LogP contribution in [-0.4, -0.2) is 30.6 Å². The van der Waals surface area contributed by atoms with Gasteiger partial charge in [0, 0.05) is 12.3 Å². The number of benzene rings is 2. The molecule has 33 heavy (non-hydrogen) atoms. The number of nitrogens with zero attached hydrogens (tertiary/aromatic N) is 2. The molecule has 0 aliphatic rings. The molecule has 2 aromatic carbocycles. The number of anilines is 2. The lowest BCUT2D eigenvalue weighted by molar-refractivity contribution is -0.147. The molecule has 8 heteroatoms. The Morgan fingerprint density at radius 1 is 1.12 bits per heavy atom. The van der Waals surface area contributed by atoms with Gasteiger partial charge in [-0.25, -0.2) is 9.78 Å². The first-order valence-corrected chi connectivity index (χ1v) is 11.4. The minimum Gasteiger partial charge on any atom is -0.495 e. The summed E-state index contributed by atoms with van der Waals surface area (Å²) < 4.78 is 16.4. The average molecular weight is 469 g/mol. The lowest BCUT2D eigenvalue weighted by Gasteiger charge is -2.20. The first-order chi connectivity index (χ1) is 15.8. The third-order valence-electron chi connectivity index (χ3n) is 4.89. The molecular weight excluding hydrogens is 440 g/mol. The van der Waals surface area contributed by atoms with Gasteiger partial charge in [-0.05, 0) is 42.2 Å². The van der Waals surface area contributed by atoms with Gasteiger partial charge in [-0.15, -0.1) is 11.3 Å². The normalized spacial score (nSPS) is 10.7. The predicted octanol–water partition coefficient (Wildman–Crippen LogP) is 5.39. The molecule has 0 atom stereocenters. The lowest BCUT2D eigenvalue weighted by atomic mass is 10.0. The van der Waals surface area contributed by atoms with Gasteiger partial charge in [0.15, 0.2) is 11.7 Å².